The molecule has 0 aliphatic carbocycles. The molecule has 2 fully saturated rings. The molecular weight excluding hydrogens is 838 g/mol. The Labute approximate surface area is 358 Å². The van der Waals surface area contributed by atoms with E-state index in [-0.39, 0.29) is 59.8 Å². The van der Waals surface area contributed by atoms with E-state index < -0.39 is 83.8 Å². The fourth-order valence-corrected chi connectivity index (χ4v) is 12.6. The lowest BCUT2D eigenvalue weighted by Gasteiger charge is -2.62. The number of aromatic hydroxyl groups is 2. The van der Waals surface area contributed by atoms with Gasteiger partial charge >= 0.3 is 18.1 Å². The smallest absolute Gasteiger partial charge is 0.397 e. The van der Waals surface area contributed by atoms with Gasteiger partial charge in [0.1, 0.15) is 24.8 Å². The van der Waals surface area contributed by atoms with Crippen molar-refractivity contribution in [3.8, 4) is 46.3 Å². The minimum absolute atomic E-state index is 0.00381. The average molecular weight is 881 g/mol. The Bertz CT molecular complexity index is 2500. The molecule has 62 heavy (non-hydrogen) atoms. The van der Waals surface area contributed by atoms with E-state index in [4.69, 9.17) is 28.4 Å². The van der Waals surface area contributed by atoms with Gasteiger partial charge in [-0.05, 0) is 68.1 Å². The first kappa shape index (κ1) is 41.8. The number of carbonyl (C=O) groups excluding carboxylic acids is 3. The summed E-state index contributed by atoms with van der Waals surface area (Å²) in [6, 6.07) is 3.29. The standard InChI is InChI=1S/C43H43F3N4O11S/c1-18-9-22-10-24-25(14-47)50-26-15-58-41(55)42(23-12-28(56-5)27(52)11-21(23)7-8-49(42)29(53)13-43(44,45)46)16-62-40(34(50)33(48(24)4)30(22)35(54)36(18)57-6)32-31(26)39-38(59-17-60-39)19(2)37(32)61-20(3)51/h9,11-12,24-26,33-34,40,52,54H,7-8,10,13,15-17H2,1-6H3/t24-,25-,26-,33-,34+,40+,42+/m0/s1. The first-order chi connectivity index (χ1) is 29.5. The second kappa shape index (κ2) is 14.8. The third-order valence-electron chi connectivity index (χ3n) is 13.3. The topological polar surface area (TPSA) is 181 Å². The van der Waals surface area contributed by atoms with Gasteiger partial charge in [-0.3, -0.25) is 19.4 Å². The first-order valence-corrected chi connectivity index (χ1v) is 21.0. The van der Waals surface area contributed by atoms with Crippen molar-refractivity contribution in [1.82, 2.24) is 14.7 Å². The van der Waals surface area contributed by atoms with Crippen LogP contribution in [0.4, 0.5) is 13.2 Å². The second-order valence-electron chi connectivity index (χ2n) is 16.5. The Kier molecular flexibility index (Phi) is 9.95. The number of rotatable bonds is 4. The van der Waals surface area contributed by atoms with Crippen molar-refractivity contribution in [2.24, 2.45) is 0 Å². The molecule has 10 rings (SSSR count). The van der Waals surface area contributed by atoms with Gasteiger partial charge in [0.25, 0.3) is 0 Å². The Hall–Kier alpha value is -5.58. The summed E-state index contributed by atoms with van der Waals surface area (Å²) in [7, 11) is 4.59. The number of nitrogens with zero attached hydrogens (tertiary/aromatic N) is 4. The van der Waals surface area contributed by atoms with Gasteiger partial charge < -0.3 is 43.5 Å². The molecule has 0 aromatic heterocycles. The van der Waals surface area contributed by atoms with E-state index in [2.05, 4.69) is 6.07 Å². The highest BCUT2D eigenvalue weighted by Crippen LogP contribution is 2.65. The van der Waals surface area contributed by atoms with Crippen LogP contribution in [0.25, 0.3) is 0 Å². The lowest BCUT2D eigenvalue weighted by Crippen LogP contribution is -2.69. The summed E-state index contributed by atoms with van der Waals surface area (Å²) in [5, 5.41) is 33.2. The number of halogens is 3. The number of phenols is 2. The summed E-state index contributed by atoms with van der Waals surface area (Å²) in [5.41, 5.74) is 1.57. The number of carbonyl (C=O) groups is 3. The van der Waals surface area contributed by atoms with Crippen molar-refractivity contribution in [2.45, 2.75) is 87.2 Å². The van der Waals surface area contributed by atoms with Crippen LogP contribution >= 0.6 is 11.8 Å². The van der Waals surface area contributed by atoms with Gasteiger partial charge in [0.15, 0.2) is 40.0 Å². The van der Waals surface area contributed by atoms with Crippen LogP contribution < -0.4 is 23.7 Å². The number of alkyl halides is 3. The molecule has 3 aromatic carbocycles. The van der Waals surface area contributed by atoms with Crippen LogP contribution in [-0.4, -0.2) is 114 Å². The molecule has 7 heterocycles. The number of hydrogen-bond donors (Lipinski definition) is 2. The Morgan fingerprint density at radius 3 is 2.45 bits per heavy atom. The number of amides is 1. The fourth-order valence-electron chi connectivity index (χ4n) is 10.9. The van der Waals surface area contributed by atoms with Crippen LogP contribution in [0.2, 0.25) is 0 Å². The first-order valence-electron chi connectivity index (χ1n) is 20.0. The van der Waals surface area contributed by atoms with E-state index >= 15 is 4.79 Å². The lowest BCUT2D eigenvalue weighted by atomic mass is 9.71. The molecule has 1 spiro atoms. The predicted molar refractivity (Wildman–Crippen MR) is 212 cm³/mol. The minimum Gasteiger partial charge on any atom is -0.504 e. The molecule has 328 valence electrons. The van der Waals surface area contributed by atoms with Crippen LogP contribution in [0.3, 0.4) is 0 Å². The van der Waals surface area contributed by atoms with Gasteiger partial charge in [0.2, 0.25) is 12.7 Å². The minimum atomic E-state index is -4.93. The fraction of sp³-hybridized carbons (Fsp3) is 0.488. The van der Waals surface area contributed by atoms with Crippen molar-refractivity contribution in [3.63, 3.8) is 0 Å². The van der Waals surface area contributed by atoms with Crippen molar-refractivity contribution >= 4 is 29.6 Å². The molecule has 15 nitrogen and oxygen atoms in total. The molecule has 19 heteroatoms. The molecule has 0 unspecified atom stereocenters. The van der Waals surface area contributed by atoms with Crippen LogP contribution in [-0.2, 0) is 37.5 Å². The highest BCUT2D eigenvalue weighted by Gasteiger charge is 2.63. The normalized spacial score (nSPS) is 27.3. The summed E-state index contributed by atoms with van der Waals surface area (Å²) in [4.78, 5) is 47.2. The molecule has 7 aliphatic heterocycles. The molecule has 1 amide bonds. The average Bonchev–Trinajstić information content (AvgIpc) is 3.70. The Balaban J connectivity index is 1.35. The maximum Gasteiger partial charge on any atom is 0.397 e. The zero-order valence-corrected chi connectivity index (χ0v) is 35.4. The van der Waals surface area contributed by atoms with Gasteiger partial charge in [-0.15, -0.1) is 11.8 Å². The van der Waals surface area contributed by atoms with Crippen molar-refractivity contribution in [1.29, 1.82) is 5.26 Å². The van der Waals surface area contributed by atoms with Crippen molar-refractivity contribution < 1.29 is 66.2 Å². The molecular formula is C43H43F3N4O11S. The molecule has 3 aromatic rings. The number of esters is 2. The summed E-state index contributed by atoms with van der Waals surface area (Å²) in [5.74, 6) is -2.99. The molecule has 7 aliphatic rings. The number of likely N-dealkylation sites (N-methyl/N-ethyl adjacent to an activating group) is 1. The van der Waals surface area contributed by atoms with Gasteiger partial charge in [0, 0.05) is 53.6 Å². The molecule has 7 atom stereocenters. The molecule has 0 radical (unpaired) electrons. The van der Waals surface area contributed by atoms with Crippen LogP contribution in [0, 0.1) is 25.2 Å². The third-order valence-corrected chi connectivity index (χ3v) is 14.8. The lowest BCUT2D eigenvalue weighted by molar-refractivity contribution is -0.178. The summed E-state index contributed by atoms with van der Waals surface area (Å²) in [6.45, 7) is 3.72. The maximum atomic E-state index is 15.2. The van der Waals surface area contributed by atoms with Gasteiger partial charge in [-0.1, -0.05) is 6.07 Å². The van der Waals surface area contributed by atoms with E-state index in [1.54, 1.807) is 6.92 Å². The number of thioether (sulfide) groups is 1. The van der Waals surface area contributed by atoms with E-state index in [9.17, 15) is 38.2 Å². The number of piperazine rings is 1. The van der Waals surface area contributed by atoms with Crippen LogP contribution in [0.1, 0.15) is 75.2 Å². The molecule has 4 bridgehead atoms. The highest BCUT2D eigenvalue weighted by molar-refractivity contribution is 7.99. The molecule has 2 saturated heterocycles. The number of ether oxygens (including phenoxy) is 6. The molecule has 0 saturated carbocycles. The van der Waals surface area contributed by atoms with E-state index in [0.29, 0.717) is 45.6 Å². The van der Waals surface area contributed by atoms with Gasteiger partial charge in [0.05, 0.1) is 37.6 Å². The highest BCUT2D eigenvalue weighted by atomic mass is 32.2. The number of aryl methyl sites for hydroxylation is 1. The summed E-state index contributed by atoms with van der Waals surface area (Å²) >= 11 is 1.11. The predicted octanol–water partition coefficient (Wildman–Crippen LogP) is 5.18. The second-order valence-corrected chi connectivity index (χ2v) is 17.6. The monoisotopic (exact) mass is 880 g/mol. The Morgan fingerprint density at radius 1 is 1.03 bits per heavy atom. The van der Waals surface area contributed by atoms with Crippen molar-refractivity contribution in [3.05, 3.63) is 62.7 Å². The number of phenolic OH excluding ortho intramolecular Hbond substituents is 2. The quantitative estimate of drug-likeness (QED) is 0.259. The van der Waals surface area contributed by atoms with E-state index in [0.717, 1.165) is 22.2 Å². The zero-order valence-electron chi connectivity index (χ0n) is 34.5. The summed E-state index contributed by atoms with van der Waals surface area (Å²) < 4.78 is 78.1. The maximum absolute atomic E-state index is 15.2. The Morgan fingerprint density at radius 2 is 1.77 bits per heavy atom. The van der Waals surface area contributed by atoms with Crippen molar-refractivity contribution in [2.75, 3.05) is 47.0 Å². The SMILES string of the molecule is COc1cc2c(cc1O)CCN(C(=O)CC(F)(F)F)[C@]21CS[C@@H]2c3c(OC(C)=O)c(C)c4c(c3[C@H](COC1=O)N1[C@@H]2[C@@H]2c3c(cc(C)c(OC)c3O)C[C@@H]([C@@H]1C#N)N2C)OCO4. The number of fused-ring (bicyclic) bond motifs is 9. The number of benzene rings is 3. The van der Waals surface area contributed by atoms with E-state index in [1.165, 1.54) is 33.3 Å². The zero-order chi connectivity index (χ0) is 44.3. The molecule has 2 N–H and O–H groups in total. The van der Waals surface area contributed by atoms with Gasteiger partial charge in [-0.25, -0.2) is 4.79 Å². The van der Waals surface area contributed by atoms with Crippen LogP contribution in [0.5, 0.6) is 40.2 Å². The third kappa shape index (κ3) is 5.96. The van der Waals surface area contributed by atoms with Gasteiger partial charge in [-0.2, -0.15) is 18.4 Å². The largest absolute Gasteiger partial charge is 0.504 e. The number of nitriles is 1. The summed E-state index contributed by atoms with van der Waals surface area (Å²) in [6.07, 6.45) is -6.44. The van der Waals surface area contributed by atoms with E-state index in [1.807, 2.05) is 29.8 Å². The van der Waals surface area contributed by atoms with Crippen LogP contribution in [0.15, 0.2) is 18.2 Å². The number of methoxy groups -OCH3 is 2. The number of hydrogen-bond acceptors (Lipinski definition) is 15.